The highest BCUT2D eigenvalue weighted by molar-refractivity contribution is 6.35. The zero-order chi connectivity index (χ0) is 12.5. The topological polar surface area (TPSA) is 22.8 Å². The molecule has 0 amide bonds. The van der Waals surface area contributed by atoms with Gasteiger partial charge in [0, 0.05) is 29.9 Å². The minimum absolute atomic E-state index is 0.792. The summed E-state index contributed by atoms with van der Waals surface area (Å²) in [5.74, 6) is 0. The summed E-state index contributed by atoms with van der Waals surface area (Å²) in [7, 11) is 0. The molecule has 2 aromatic heterocycles. The molecule has 3 rings (SSSR count). The molecule has 0 aliphatic rings. The predicted octanol–water partition coefficient (Wildman–Crippen LogP) is 3.56. The maximum atomic E-state index is 6.26. The van der Waals surface area contributed by atoms with E-state index in [2.05, 4.69) is 41.1 Å². The first kappa shape index (κ1) is 11.4. The quantitative estimate of drug-likeness (QED) is 0.705. The predicted molar refractivity (Wildman–Crippen MR) is 74.0 cm³/mol. The van der Waals surface area contributed by atoms with Crippen LogP contribution in [0, 0.1) is 0 Å². The maximum absolute atomic E-state index is 6.26. The zero-order valence-electron chi connectivity index (χ0n) is 10.2. The Morgan fingerprint density at radius 1 is 1.28 bits per heavy atom. The standard InChI is InChI=1S/C14H14ClN3/c1-2-18-10-11(8-16-18)9-17-7-6-12-4-3-5-13(15)14(12)17/h3-8,10H,2,9H2,1H3. The van der Waals surface area contributed by atoms with Crippen molar-refractivity contribution in [1.29, 1.82) is 0 Å². The Balaban J connectivity index is 1.99. The van der Waals surface area contributed by atoms with E-state index in [0.29, 0.717) is 0 Å². The van der Waals surface area contributed by atoms with E-state index in [1.807, 2.05) is 23.0 Å². The number of para-hydroxylation sites is 1. The first-order chi connectivity index (χ1) is 8.78. The van der Waals surface area contributed by atoms with Gasteiger partial charge in [0.15, 0.2) is 0 Å². The van der Waals surface area contributed by atoms with Gasteiger partial charge in [-0.15, -0.1) is 0 Å². The van der Waals surface area contributed by atoms with Crippen molar-refractivity contribution >= 4 is 22.5 Å². The minimum Gasteiger partial charge on any atom is -0.342 e. The maximum Gasteiger partial charge on any atom is 0.0672 e. The molecule has 2 heterocycles. The molecule has 0 N–H and O–H groups in total. The van der Waals surface area contributed by atoms with Crippen molar-refractivity contribution in [2.45, 2.75) is 20.0 Å². The average Bonchev–Trinajstić information content (AvgIpc) is 2.98. The van der Waals surface area contributed by atoms with Crippen LogP contribution in [0.1, 0.15) is 12.5 Å². The van der Waals surface area contributed by atoms with Crippen molar-refractivity contribution in [3.8, 4) is 0 Å². The second kappa shape index (κ2) is 4.50. The van der Waals surface area contributed by atoms with Crippen LogP contribution < -0.4 is 0 Å². The van der Waals surface area contributed by atoms with Crippen molar-refractivity contribution in [2.75, 3.05) is 0 Å². The summed E-state index contributed by atoms with van der Waals surface area (Å²) in [6.07, 6.45) is 6.05. The Hall–Kier alpha value is -1.74. The van der Waals surface area contributed by atoms with Crippen LogP contribution in [0.2, 0.25) is 5.02 Å². The van der Waals surface area contributed by atoms with Crippen molar-refractivity contribution in [1.82, 2.24) is 14.3 Å². The molecule has 0 radical (unpaired) electrons. The summed E-state index contributed by atoms with van der Waals surface area (Å²) in [6.45, 7) is 3.78. The van der Waals surface area contributed by atoms with Gasteiger partial charge in [0.05, 0.1) is 23.3 Å². The van der Waals surface area contributed by atoms with E-state index < -0.39 is 0 Å². The van der Waals surface area contributed by atoms with Gasteiger partial charge in [-0.25, -0.2) is 0 Å². The lowest BCUT2D eigenvalue weighted by Gasteiger charge is -2.04. The molecule has 4 heteroatoms. The van der Waals surface area contributed by atoms with Gasteiger partial charge >= 0.3 is 0 Å². The molecule has 3 aromatic rings. The molecule has 0 saturated carbocycles. The Morgan fingerprint density at radius 2 is 2.17 bits per heavy atom. The van der Waals surface area contributed by atoms with Crippen LogP contribution in [-0.4, -0.2) is 14.3 Å². The van der Waals surface area contributed by atoms with Crippen molar-refractivity contribution in [2.24, 2.45) is 0 Å². The SMILES string of the molecule is CCn1cc(Cn2ccc3cccc(Cl)c32)cn1. The fourth-order valence-corrected chi connectivity index (χ4v) is 2.49. The molecular formula is C14H14ClN3. The van der Waals surface area contributed by atoms with Gasteiger partial charge in [0.2, 0.25) is 0 Å². The number of rotatable bonds is 3. The van der Waals surface area contributed by atoms with E-state index in [1.54, 1.807) is 0 Å². The average molecular weight is 260 g/mol. The molecule has 0 fully saturated rings. The Kier molecular flexibility index (Phi) is 2.84. The van der Waals surface area contributed by atoms with E-state index in [0.717, 1.165) is 23.6 Å². The van der Waals surface area contributed by atoms with E-state index in [4.69, 9.17) is 11.6 Å². The third kappa shape index (κ3) is 1.91. The lowest BCUT2D eigenvalue weighted by Crippen LogP contribution is -1.97. The Labute approximate surface area is 111 Å². The fourth-order valence-electron chi connectivity index (χ4n) is 2.20. The van der Waals surface area contributed by atoms with E-state index in [-0.39, 0.29) is 0 Å². The van der Waals surface area contributed by atoms with Gasteiger partial charge in [0.25, 0.3) is 0 Å². The molecule has 0 aliphatic carbocycles. The van der Waals surface area contributed by atoms with Crippen LogP contribution in [0.3, 0.4) is 0 Å². The van der Waals surface area contributed by atoms with Gasteiger partial charge in [0.1, 0.15) is 0 Å². The van der Waals surface area contributed by atoms with Gasteiger partial charge in [-0.3, -0.25) is 4.68 Å². The Morgan fingerprint density at radius 3 is 2.94 bits per heavy atom. The molecule has 0 unspecified atom stereocenters. The monoisotopic (exact) mass is 259 g/mol. The van der Waals surface area contributed by atoms with E-state index in [1.165, 1.54) is 10.9 Å². The lowest BCUT2D eigenvalue weighted by molar-refractivity contribution is 0.658. The summed E-state index contributed by atoms with van der Waals surface area (Å²) in [5.41, 5.74) is 2.28. The molecule has 0 atom stereocenters. The molecule has 0 aliphatic heterocycles. The highest BCUT2D eigenvalue weighted by Crippen LogP contribution is 2.25. The summed E-state index contributed by atoms with van der Waals surface area (Å²) >= 11 is 6.26. The molecule has 0 saturated heterocycles. The number of hydrogen-bond donors (Lipinski definition) is 0. The number of aryl methyl sites for hydroxylation is 1. The van der Waals surface area contributed by atoms with Crippen molar-refractivity contribution in [3.05, 3.63) is 53.4 Å². The zero-order valence-corrected chi connectivity index (χ0v) is 10.9. The molecular weight excluding hydrogens is 246 g/mol. The van der Waals surface area contributed by atoms with Gasteiger partial charge in [-0.1, -0.05) is 23.7 Å². The van der Waals surface area contributed by atoms with E-state index in [9.17, 15) is 0 Å². The minimum atomic E-state index is 0.792. The van der Waals surface area contributed by atoms with Crippen LogP contribution >= 0.6 is 11.6 Å². The highest BCUT2D eigenvalue weighted by Gasteiger charge is 2.06. The summed E-state index contributed by atoms with van der Waals surface area (Å²) in [5, 5.41) is 6.25. The van der Waals surface area contributed by atoms with Crippen LogP contribution in [0.4, 0.5) is 0 Å². The third-order valence-corrected chi connectivity index (χ3v) is 3.41. The molecule has 1 aromatic carbocycles. The number of benzene rings is 1. The highest BCUT2D eigenvalue weighted by atomic mass is 35.5. The lowest BCUT2D eigenvalue weighted by atomic mass is 10.2. The normalized spacial score (nSPS) is 11.2. The first-order valence-electron chi connectivity index (χ1n) is 6.02. The van der Waals surface area contributed by atoms with Gasteiger partial charge < -0.3 is 4.57 Å². The third-order valence-electron chi connectivity index (χ3n) is 3.10. The number of hydrogen-bond acceptors (Lipinski definition) is 1. The summed E-state index contributed by atoms with van der Waals surface area (Å²) < 4.78 is 4.09. The molecule has 0 spiro atoms. The fraction of sp³-hybridized carbons (Fsp3) is 0.214. The number of halogens is 1. The van der Waals surface area contributed by atoms with Gasteiger partial charge in [-0.2, -0.15) is 5.10 Å². The smallest absolute Gasteiger partial charge is 0.0672 e. The van der Waals surface area contributed by atoms with Crippen LogP contribution in [0.5, 0.6) is 0 Å². The number of fused-ring (bicyclic) bond motifs is 1. The first-order valence-corrected chi connectivity index (χ1v) is 6.40. The van der Waals surface area contributed by atoms with Gasteiger partial charge in [-0.05, 0) is 19.1 Å². The second-order valence-electron chi connectivity index (χ2n) is 4.33. The largest absolute Gasteiger partial charge is 0.342 e. The number of nitrogens with zero attached hydrogens (tertiary/aromatic N) is 3. The molecule has 0 bridgehead atoms. The van der Waals surface area contributed by atoms with Crippen LogP contribution in [-0.2, 0) is 13.1 Å². The summed E-state index contributed by atoms with van der Waals surface area (Å²) in [4.78, 5) is 0. The molecule has 18 heavy (non-hydrogen) atoms. The molecule has 92 valence electrons. The Bertz CT molecular complexity index is 681. The van der Waals surface area contributed by atoms with Crippen molar-refractivity contribution in [3.63, 3.8) is 0 Å². The number of aromatic nitrogens is 3. The van der Waals surface area contributed by atoms with Crippen LogP contribution in [0.15, 0.2) is 42.9 Å². The second-order valence-corrected chi connectivity index (χ2v) is 4.73. The van der Waals surface area contributed by atoms with Crippen LogP contribution in [0.25, 0.3) is 10.9 Å². The van der Waals surface area contributed by atoms with Crippen molar-refractivity contribution < 1.29 is 0 Å². The molecule has 3 nitrogen and oxygen atoms in total. The van der Waals surface area contributed by atoms with E-state index >= 15 is 0 Å². The summed E-state index contributed by atoms with van der Waals surface area (Å²) in [6, 6.07) is 8.07.